The summed E-state index contributed by atoms with van der Waals surface area (Å²) < 4.78 is 0. The standard InChI is InChI=1S/C20H29N3O3/c1-15(24)21-18-9-11-19(12-10-18)23(16(2)25)14-13-20(26)22-17-7-5-3-4-6-8-17/h9-12,17H,3-8,13-14H2,1-2H3,(H,21,24)(H,22,26). The summed E-state index contributed by atoms with van der Waals surface area (Å²) in [7, 11) is 0. The molecule has 1 fully saturated rings. The third-order valence-electron chi connectivity index (χ3n) is 4.66. The Kier molecular flexibility index (Phi) is 7.63. The molecule has 1 saturated carbocycles. The SMILES string of the molecule is CC(=O)Nc1ccc(N(CCC(=O)NC2CCCCCC2)C(C)=O)cc1. The Morgan fingerprint density at radius 3 is 2.15 bits per heavy atom. The highest BCUT2D eigenvalue weighted by atomic mass is 16.2. The summed E-state index contributed by atoms with van der Waals surface area (Å²) >= 11 is 0. The van der Waals surface area contributed by atoms with Crippen LogP contribution in [0.25, 0.3) is 0 Å². The molecule has 6 heteroatoms. The molecular formula is C20H29N3O3. The van der Waals surface area contributed by atoms with Gasteiger partial charge in [0.25, 0.3) is 0 Å². The Hall–Kier alpha value is -2.37. The molecule has 0 radical (unpaired) electrons. The molecule has 6 nitrogen and oxygen atoms in total. The van der Waals surface area contributed by atoms with Crippen molar-refractivity contribution in [3.8, 4) is 0 Å². The number of amides is 3. The first-order valence-corrected chi connectivity index (χ1v) is 9.41. The first-order chi connectivity index (χ1) is 12.5. The largest absolute Gasteiger partial charge is 0.353 e. The summed E-state index contributed by atoms with van der Waals surface area (Å²) in [6.45, 7) is 3.28. The Bertz CT molecular complexity index is 620. The van der Waals surface area contributed by atoms with Crippen LogP contribution >= 0.6 is 0 Å². The second-order valence-corrected chi connectivity index (χ2v) is 6.90. The number of carbonyl (C=O) groups excluding carboxylic acids is 3. The van der Waals surface area contributed by atoms with Crippen LogP contribution in [0.2, 0.25) is 0 Å². The smallest absolute Gasteiger partial charge is 0.223 e. The topological polar surface area (TPSA) is 78.5 Å². The minimum atomic E-state index is -0.142. The molecule has 0 bridgehead atoms. The number of anilines is 2. The summed E-state index contributed by atoms with van der Waals surface area (Å²) in [5.74, 6) is -0.256. The lowest BCUT2D eigenvalue weighted by Crippen LogP contribution is -2.38. The van der Waals surface area contributed by atoms with Gasteiger partial charge >= 0.3 is 0 Å². The van der Waals surface area contributed by atoms with Crippen molar-refractivity contribution >= 4 is 29.1 Å². The summed E-state index contributed by atoms with van der Waals surface area (Å²) in [5, 5.41) is 5.81. The second-order valence-electron chi connectivity index (χ2n) is 6.90. The highest BCUT2D eigenvalue weighted by molar-refractivity contribution is 5.93. The quantitative estimate of drug-likeness (QED) is 0.766. The maximum Gasteiger partial charge on any atom is 0.223 e. The van der Waals surface area contributed by atoms with Gasteiger partial charge in [0.05, 0.1) is 0 Å². The van der Waals surface area contributed by atoms with E-state index in [1.54, 1.807) is 29.2 Å². The van der Waals surface area contributed by atoms with Gasteiger partial charge in [-0.1, -0.05) is 25.7 Å². The second kappa shape index (κ2) is 9.94. The van der Waals surface area contributed by atoms with Crippen LogP contribution in [0.15, 0.2) is 24.3 Å². The molecule has 0 spiro atoms. The zero-order valence-corrected chi connectivity index (χ0v) is 15.7. The van der Waals surface area contributed by atoms with E-state index in [1.165, 1.54) is 39.5 Å². The van der Waals surface area contributed by atoms with Crippen molar-refractivity contribution in [3.05, 3.63) is 24.3 Å². The van der Waals surface area contributed by atoms with Crippen LogP contribution in [0.1, 0.15) is 58.8 Å². The van der Waals surface area contributed by atoms with Crippen LogP contribution < -0.4 is 15.5 Å². The predicted molar refractivity (Wildman–Crippen MR) is 103 cm³/mol. The molecule has 2 rings (SSSR count). The van der Waals surface area contributed by atoms with E-state index in [9.17, 15) is 14.4 Å². The third-order valence-corrected chi connectivity index (χ3v) is 4.66. The Balaban J connectivity index is 1.90. The van der Waals surface area contributed by atoms with Crippen molar-refractivity contribution in [1.29, 1.82) is 0 Å². The average Bonchev–Trinajstić information content (AvgIpc) is 2.84. The van der Waals surface area contributed by atoms with Gasteiger partial charge in [-0.25, -0.2) is 0 Å². The summed E-state index contributed by atoms with van der Waals surface area (Å²) in [6, 6.07) is 7.31. The zero-order chi connectivity index (χ0) is 18.9. The van der Waals surface area contributed by atoms with E-state index in [4.69, 9.17) is 0 Å². The van der Waals surface area contributed by atoms with Crippen molar-refractivity contribution in [2.75, 3.05) is 16.8 Å². The highest BCUT2D eigenvalue weighted by Crippen LogP contribution is 2.19. The number of hydrogen-bond acceptors (Lipinski definition) is 3. The molecular weight excluding hydrogens is 330 g/mol. The van der Waals surface area contributed by atoms with Crippen molar-refractivity contribution in [3.63, 3.8) is 0 Å². The molecule has 2 N–H and O–H groups in total. The van der Waals surface area contributed by atoms with E-state index < -0.39 is 0 Å². The van der Waals surface area contributed by atoms with Gasteiger partial charge < -0.3 is 15.5 Å². The van der Waals surface area contributed by atoms with Gasteiger partial charge in [0.15, 0.2) is 0 Å². The first kappa shape index (κ1) is 19.9. The Morgan fingerprint density at radius 2 is 1.62 bits per heavy atom. The highest BCUT2D eigenvalue weighted by Gasteiger charge is 2.17. The van der Waals surface area contributed by atoms with Crippen molar-refractivity contribution in [2.24, 2.45) is 0 Å². The molecule has 26 heavy (non-hydrogen) atoms. The van der Waals surface area contributed by atoms with E-state index in [-0.39, 0.29) is 30.2 Å². The molecule has 0 aliphatic heterocycles. The van der Waals surface area contributed by atoms with Gasteiger partial charge in [0.2, 0.25) is 17.7 Å². The first-order valence-electron chi connectivity index (χ1n) is 9.41. The molecule has 142 valence electrons. The van der Waals surface area contributed by atoms with Gasteiger partial charge in [0.1, 0.15) is 0 Å². The fraction of sp³-hybridized carbons (Fsp3) is 0.550. The summed E-state index contributed by atoms with van der Waals surface area (Å²) in [6.07, 6.45) is 7.22. The van der Waals surface area contributed by atoms with Gasteiger partial charge in [-0.05, 0) is 37.1 Å². The number of nitrogens with zero attached hydrogens (tertiary/aromatic N) is 1. The van der Waals surface area contributed by atoms with E-state index in [0.717, 1.165) is 12.8 Å². The van der Waals surface area contributed by atoms with Crippen LogP contribution in [-0.2, 0) is 14.4 Å². The van der Waals surface area contributed by atoms with E-state index in [2.05, 4.69) is 10.6 Å². The minimum absolute atomic E-state index is 0.00184. The lowest BCUT2D eigenvalue weighted by Gasteiger charge is -2.22. The average molecular weight is 359 g/mol. The maximum atomic E-state index is 12.3. The molecule has 3 amide bonds. The van der Waals surface area contributed by atoms with Gasteiger partial charge in [0, 0.05) is 44.2 Å². The van der Waals surface area contributed by atoms with E-state index in [0.29, 0.717) is 17.9 Å². The maximum absolute atomic E-state index is 12.3. The predicted octanol–water partition coefficient (Wildman–Crippen LogP) is 3.23. The minimum Gasteiger partial charge on any atom is -0.353 e. The number of nitrogens with one attached hydrogen (secondary N) is 2. The Morgan fingerprint density at radius 1 is 1.00 bits per heavy atom. The van der Waals surface area contributed by atoms with Crippen LogP contribution in [0.5, 0.6) is 0 Å². The van der Waals surface area contributed by atoms with Crippen molar-refractivity contribution < 1.29 is 14.4 Å². The third kappa shape index (κ3) is 6.50. The summed E-state index contributed by atoms with van der Waals surface area (Å²) in [5.41, 5.74) is 1.39. The molecule has 0 unspecified atom stereocenters. The number of hydrogen-bond donors (Lipinski definition) is 2. The van der Waals surface area contributed by atoms with Crippen molar-refractivity contribution in [1.82, 2.24) is 5.32 Å². The number of rotatable bonds is 6. The number of benzene rings is 1. The van der Waals surface area contributed by atoms with Crippen LogP contribution in [0.3, 0.4) is 0 Å². The molecule has 0 heterocycles. The fourth-order valence-corrected chi connectivity index (χ4v) is 3.33. The monoisotopic (exact) mass is 359 g/mol. The number of carbonyl (C=O) groups is 3. The van der Waals surface area contributed by atoms with E-state index in [1.807, 2.05) is 0 Å². The van der Waals surface area contributed by atoms with Crippen LogP contribution in [-0.4, -0.2) is 30.3 Å². The molecule has 0 atom stereocenters. The molecule has 1 aliphatic rings. The van der Waals surface area contributed by atoms with Crippen LogP contribution in [0.4, 0.5) is 11.4 Å². The summed E-state index contributed by atoms with van der Waals surface area (Å²) in [4.78, 5) is 36.9. The molecule has 0 aromatic heterocycles. The fourth-order valence-electron chi connectivity index (χ4n) is 3.33. The molecule has 0 saturated heterocycles. The Labute approximate surface area is 155 Å². The van der Waals surface area contributed by atoms with Gasteiger partial charge in [-0.2, -0.15) is 0 Å². The zero-order valence-electron chi connectivity index (χ0n) is 15.7. The van der Waals surface area contributed by atoms with Crippen molar-refractivity contribution in [2.45, 2.75) is 64.8 Å². The van der Waals surface area contributed by atoms with Crippen LogP contribution in [0, 0.1) is 0 Å². The normalized spacial score (nSPS) is 15.0. The lowest BCUT2D eigenvalue weighted by molar-refractivity contribution is -0.121. The lowest BCUT2D eigenvalue weighted by atomic mass is 10.1. The van der Waals surface area contributed by atoms with E-state index >= 15 is 0 Å². The molecule has 1 aromatic carbocycles. The van der Waals surface area contributed by atoms with Gasteiger partial charge in [-0.3, -0.25) is 14.4 Å². The molecule has 1 aromatic rings. The van der Waals surface area contributed by atoms with Gasteiger partial charge in [-0.15, -0.1) is 0 Å². The molecule has 1 aliphatic carbocycles.